The molecule has 0 atom stereocenters. The molecule has 2 aromatic carbocycles. The van der Waals surface area contributed by atoms with Gasteiger partial charge in [0.15, 0.2) is 5.76 Å². The predicted molar refractivity (Wildman–Crippen MR) is 116 cm³/mol. The zero-order chi connectivity index (χ0) is 20.9. The fraction of sp³-hybridized carbons (Fsp3) is 0.125. The van der Waals surface area contributed by atoms with Crippen LogP contribution in [-0.4, -0.2) is 23.3 Å². The molecule has 4 aromatic rings. The van der Waals surface area contributed by atoms with E-state index in [1.807, 2.05) is 31.2 Å². The summed E-state index contributed by atoms with van der Waals surface area (Å²) in [6.45, 7) is 2.56. The van der Waals surface area contributed by atoms with Gasteiger partial charge in [0.1, 0.15) is 5.69 Å². The van der Waals surface area contributed by atoms with Gasteiger partial charge in [-0.25, -0.2) is 4.98 Å². The smallest absolute Gasteiger partial charge is 0.256 e. The van der Waals surface area contributed by atoms with E-state index in [1.54, 1.807) is 48.7 Å². The number of para-hydroxylation sites is 2. The summed E-state index contributed by atoms with van der Waals surface area (Å²) in [7, 11) is 0. The molecule has 0 saturated heterocycles. The van der Waals surface area contributed by atoms with Crippen molar-refractivity contribution >= 4 is 28.4 Å². The fourth-order valence-corrected chi connectivity index (χ4v) is 3.23. The normalized spacial score (nSPS) is 10.7. The molecular formula is C24H21N3O3. The lowest BCUT2D eigenvalue weighted by Gasteiger charge is -2.13. The number of hydrogen-bond donors (Lipinski definition) is 2. The predicted octanol–water partition coefficient (Wildman–Crippen LogP) is 4.89. The minimum Gasteiger partial charge on any atom is -0.463 e. The van der Waals surface area contributed by atoms with Crippen LogP contribution in [-0.2, 0) is 0 Å². The van der Waals surface area contributed by atoms with Crippen LogP contribution in [0.3, 0.4) is 0 Å². The Kier molecular flexibility index (Phi) is 5.57. The molecule has 0 unspecified atom stereocenters. The van der Waals surface area contributed by atoms with Crippen LogP contribution in [0.4, 0.5) is 5.69 Å². The van der Waals surface area contributed by atoms with Gasteiger partial charge in [-0.05, 0) is 42.8 Å². The van der Waals surface area contributed by atoms with Crippen LogP contribution >= 0.6 is 0 Å². The summed E-state index contributed by atoms with van der Waals surface area (Å²) in [6.07, 6.45) is 2.40. The molecule has 0 saturated carbocycles. The molecule has 0 spiro atoms. The van der Waals surface area contributed by atoms with Gasteiger partial charge in [0.05, 0.1) is 28.6 Å². The largest absolute Gasteiger partial charge is 0.463 e. The van der Waals surface area contributed by atoms with E-state index in [9.17, 15) is 9.59 Å². The standard InChI is InChI=1S/C24H21N3O3/c1-2-13-25-23(28)17-9-4-6-11-20(17)27-24(29)18-15-21(22-12-7-14-30-22)26-19-10-5-3-8-16(18)19/h3-12,14-15H,2,13H2,1H3,(H,25,28)(H,27,29). The van der Waals surface area contributed by atoms with Crippen molar-refractivity contribution in [1.82, 2.24) is 10.3 Å². The third-order valence-corrected chi connectivity index (χ3v) is 4.69. The summed E-state index contributed by atoms with van der Waals surface area (Å²) < 4.78 is 5.46. The monoisotopic (exact) mass is 399 g/mol. The van der Waals surface area contributed by atoms with E-state index < -0.39 is 0 Å². The first-order valence-electron chi connectivity index (χ1n) is 9.79. The highest BCUT2D eigenvalue weighted by molar-refractivity contribution is 6.15. The summed E-state index contributed by atoms with van der Waals surface area (Å²) in [5, 5.41) is 6.46. The van der Waals surface area contributed by atoms with Gasteiger partial charge in [-0.1, -0.05) is 37.3 Å². The number of amides is 2. The Morgan fingerprint density at radius 1 is 0.933 bits per heavy atom. The molecule has 0 bridgehead atoms. The fourth-order valence-electron chi connectivity index (χ4n) is 3.23. The Hall–Kier alpha value is -3.93. The SMILES string of the molecule is CCCNC(=O)c1ccccc1NC(=O)c1cc(-c2ccco2)nc2ccccc12. The first kappa shape index (κ1) is 19.4. The first-order valence-corrected chi connectivity index (χ1v) is 9.79. The van der Waals surface area contributed by atoms with Crippen LogP contribution < -0.4 is 10.6 Å². The van der Waals surface area contributed by atoms with Crippen molar-refractivity contribution in [3.63, 3.8) is 0 Å². The molecule has 0 aliphatic heterocycles. The number of benzene rings is 2. The maximum absolute atomic E-state index is 13.2. The summed E-state index contributed by atoms with van der Waals surface area (Å²) in [4.78, 5) is 30.3. The highest BCUT2D eigenvalue weighted by Gasteiger charge is 2.18. The quantitative estimate of drug-likeness (QED) is 0.484. The van der Waals surface area contributed by atoms with Crippen molar-refractivity contribution in [2.75, 3.05) is 11.9 Å². The maximum Gasteiger partial charge on any atom is 0.256 e. The Labute approximate surface area is 173 Å². The molecular weight excluding hydrogens is 378 g/mol. The molecule has 0 fully saturated rings. The van der Waals surface area contributed by atoms with Crippen molar-refractivity contribution in [2.24, 2.45) is 0 Å². The molecule has 0 aliphatic carbocycles. The lowest BCUT2D eigenvalue weighted by atomic mass is 10.1. The third kappa shape index (κ3) is 3.93. The molecule has 2 amide bonds. The molecule has 6 nitrogen and oxygen atoms in total. The number of nitrogens with zero attached hydrogens (tertiary/aromatic N) is 1. The van der Waals surface area contributed by atoms with Crippen LogP contribution in [0.5, 0.6) is 0 Å². The number of fused-ring (bicyclic) bond motifs is 1. The molecule has 2 aromatic heterocycles. The molecule has 0 aliphatic rings. The van der Waals surface area contributed by atoms with Gasteiger partial charge in [0.2, 0.25) is 0 Å². The van der Waals surface area contributed by atoms with Crippen LogP contribution in [0.2, 0.25) is 0 Å². The molecule has 6 heteroatoms. The molecule has 4 rings (SSSR count). The second kappa shape index (κ2) is 8.61. The van der Waals surface area contributed by atoms with E-state index in [2.05, 4.69) is 15.6 Å². The van der Waals surface area contributed by atoms with Crippen molar-refractivity contribution in [3.8, 4) is 11.5 Å². The van der Waals surface area contributed by atoms with E-state index in [1.165, 1.54) is 0 Å². The van der Waals surface area contributed by atoms with Crippen molar-refractivity contribution in [3.05, 3.63) is 84.1 Å². The average Bonchev–Trinajstić information content (AvgIpc) is 3.32. The average molecular weight is 399 g/mol. The minimum absolute atomic E-state index is 0.219. The molecule has 2 N–H and O–H groups in total. The van der Waals surface area contributed by atoms with E-state index >= 15 is 0 Å². The highest BCUT2D eigenvalue weighted by atomic mass is 16.3. The van der Waals surface area contributed by atoms with Crippen LogP contribution in [0.15, 0.2) is 77.4 Å². The number of rotatable bonds is 6. The minimum atomic E-state index is -0.322. The van der Waals surface area contributed by atoms with Crippen LogP contribution in [0.1, 0.15) is 34.1 Å². The number of nitrogens with one attached hydrogen (secondary N) is 2. The van der Waals surface area contributed by atoms with Crippen molar-refractivity contribution < 1.29 is 14.0 Å². The zero-order valence-electron chi connectivity index (χ0n) is 16.5. The van der Waals surface area contributed by atoms with Gasteiger partial charge in [0.25, 0.3) is 11.8 Å². The highest BCUT2D eigenvalue weighted by Crippen LogP contribution is 2.26. The number of pyridine rings is 1. The summed E-state index contributed by atoms with van der Waals surface area (Å²) >= 11 is 0. The van der Waals surface area contributed by atoms with Crippen LogP contribution in [0, 0.1) is 0 Å². The summed E-state index contributed by atoms with van der Waals surface area (Å²) in [5.41, 5.74) is 2.58. The lowest BCUT2D eigenvalue weighted by Crippen LogP contribution is -2.25. The topological polar surface area (TPSA) is 84.2 Å². The first-order chi connectivity index (χ1) is 14.7. The van der Waals surface area contributed by atoms with Crippen molar-refractivity contribution in [2.45, 2.75) is 13.3 Å². The van der Waals surface area contributed by atoms with Gasteiger partial charge in [-0.2, -0.15) is 0 Å². The number of carbonyl (C=O) groups is 2. The summed E-state index contributed by atoms with van der Waals surface area (Å²) in [6, 6.07) is 19.7. The van der Waals surface area contributed by atoms with E-state index in [4.69, 9.17) is 4.42 Å². The number of furan rings is 1. The van der Waals surface area contributed by atoms with Gasteiger partial charge < -0.3 is 15.1 Å². The number of aromatic nitrogens is 1. The Bertz CT molecular complexity index is 1200. The maximum atomic E-state index is 13.2. The molecule has 2 heterocycles. The second-order valence-corrected chi connectivity index (χ2v) is 6.81. The van der Waals surface area contributed by atoms with Gasteiger partial charge in [0, 0.05) is 11.9 Å². The van der Waals surface area contributed by atoms with Crippen LogP contribution in [0.25, 0.3) is 22.4 Å². The van der Waals surface area contributed by atoms with E-state index in [-0.39, 0.29) is 11.8 Å². The third-order valence-electron chi connectivity index (χ3n) is 4.69. The second-order valence-electron chi connectivity index (χ2n) is 6.81. The van der Waals surface area contributed by atoms with E-state index in [0.717, 1.165) is 11.8 Å². The zero-order valence-corrected chi connectivity index (χ0v) is 16.5. The van der Waals surface area contributed by atoms with E-state index in [0.29, 0.717) is 40.3 Å². The molecule has 0 radical (unpaired) electrons. The number of carbonyl (C=O) groups excluding carboxylic acids is 2. The lowest BCUT2D eigenvalue weighted by molar-refractivity contribution is 0.0954. The van der Waals surface area contributed by atoms with Gasteiger partial charge in [-0.3, -0.25) is 9.59 Å². The number of hydrogen-bond acceptors (Lipinski definition) is 4. The Morgan fingerprint density at radius 2 is 1.73 bits per heavy atom. The summed E-state index contributed by atoms with van der Waals surface area (Å²) in [5.74, 6) is 0.0369. The number of anilines is 1. The Balaban J connectivity index is 1.72. The van der Waals surface area contributed by atoms with Crippen molar-refractivity contribution in [1.29, 1.82) is 0 Å². The molecule has 150 valence electrons. The van der Waals surface area contributed by atoms with Gasteiger partial charge in [-0.15, -0.1) is 0 Å². The van der Waals surface area contributed by atoms with Gasteiger partial charge >= 0.3 is 0 Å². The Morgan fingerprint density at radius 3 is 2.53 bits per heavy atom. The molecule has 30 heavy (non-hydrogen) atoms.